The molecule has 0 saturated carbocycles. The molecule has 0 spiro atoms. The maximum absolute atomic E-state index is 12.9. The number of rotatable bonds is 9. The van der Waals surface area contributed by atoms with Gasteiger partial charge in [-0.3, -0.25) is 0 Å². The van der Waals surface area contributed by atoms with E-state index in [1.54, 1.807) is 42.5 Å². The van der Waals surface area contributed by atoms with Crippen molar-refractivity contribution < 1.29 is 28.5 Å². The number of carbonyl (C=O) groups excluding carboxylic acids is 2. The second-order valence-electron chi connectivity index (χ2n) is 7.29. The summed E-state index contributed by atoms with van der Waals surface area (Å²) < 4.78 is 22.9. The number of likely N-dealkylation sites (N-methyl/N-ethyl adjacent to an activating group) is 1. The molecule has 3 aromatic rings. The monoisotopic (exact) mass is 453 g/mol. The van der Waals surface area contributed by atoms with Crippen LogP contribution in [0.2, 0.25) is 0 Å². The van der Waals surface area contributed by atoms with Gasteiger partial charge >= 0.3 is 11.9 Å². The van der Waals surface area contributed by atoms with E-state index in [-0.39, 0.29) is 17.0 Å². The summed E-state index contributed by atoms with van der Waals surface area (Å²) in [4.78, 5) is 27.7. The maximum Gasteiger partial charge on any atom is 0.357 e. The molecule has 0 aliphatic heterocycles. The van der Waals surface area contributed by atoms with Gasteiger partial charge in [0.2, 0.25) is 0 Å². The molecule has 174 valence electrons. The standard InChI is InChI=1S/C24H27N3O6/c1-26(2)14-15-33-22-17(12-9-13-18(22)30-3)20-19(23(28)31-4)21(24(29)32-5)27(25-20)16-10-7-6-8-11-16/h6-13H,14-15H2,1-5H3. The number of carbonyl (C=O) groups is 2. The fraction of sp³-hybridized carbons (Fsp3) is 0.292. The van der Waals surface area contributed by atoms with Crippen LogP contribution < -0.4 is 9.47 Å². The van der Waals surface area contributed by atoms with Crippen LogP contribution in [0.5, 0.6) is 11.5 Å². The van der Waals surface area contributed by atoms with Gasteiger partial charge in [0.15, 0.2) is 17.2 Å². The SMILES string of the molecule is COC(=O)c1c(-c2cccc(OC)c2OCCN(C)C)nn(-c2ccccc2)c1C(=O)OC. The normalized spacial score (nSPS) is 10.7. The number of ether oxygens (including phenoxy) is 4. The summed E-state index contributed by atoms with van der Waals surface area (Å²) in [5.74, 6) is -0.581. The van der Waals surface area contributed by atoms with E-state index in [4.69, 9.17) is 18.9 Å². The summed E-state index contributed by atoms with van der Waals surface area (Å²) in [6.07, 6.45) is 0. The van der Waals surface area contributed by atoms with Crippen LogP contribution in [-0.2, 0) is 9.47 Å². The summed E-state index contributed by atoms with van der Waals surface area (Å²) in [5.41, 5.74) is 1.19. The van der Waals surface area contributed by atoms with E-state index in [9.17, 15) is 9.59 Å². The first kappa shape index (κ1) is 23.8. The van der Waals surface area contributed by atoms with E-state index in [0.717, 1.165) is 0 Å². The lowest BCUT2D eigenvalue weighted by Crippen LogP contribution is -2.19. The van der Waals surface area contributed by atoms with Gasteiger partial charge in [-0.1, -0.05) is 24.3 Å². The Labute approximate surface area is 192 Å². The van der Waals surface area contributed by atoms with E-state index < -0.39 is 11.9 Å². The molecule has 3 rings (SSSR count). The number of nitrogens with zero attached hydrogens (tertiary/aromatic N) is 3. The Bertz CT molecular complexity index is 1120. The van der Waals surface area contributed by atoms with Crippen molar-refractivity contribution in [3.05, 3.63) is 59.8 Å². The van der Waals surface area contributed by atoms with Crippen molar-refractivity contribution in [2.45, 2.75) is 0 Å². The molecule has 9 heteroatoms. The summed E-state index contributed by atoms with van der Waals surface area (Å²) in [6.45, 7) is 1.03. The largest absolute Gasteiger partial charge is 0.493 e. The van der Waals surface area contributed by atoms with Crippen molar-refractivity contribution >= 4 is 11.9 Å². The molecule has 0 amide bonds. The van der Waals surface area contributed by atoms with Crippen LogP contribution in [0.3, 0.4) is 0 Å². The Balaban J connectivity index is 2.30. The minimum Gasteiger partial charge on any atom is -0.493 e. The zero-order chi connectivity index (χ0) is 24.0. The molecular weight excluding hydrogens is 426 g/mol. The number of methoxy groups -OCH3 is 3. The van der Waals surface area contributed by atoms with Gasteiger partial charge in [0, 0.05) is 12.1 Å². The highest BCUT2D eigenvalue weighted by Gasteiger charge is 2.33. The van der Waals surface area contributed by atoms with Gasteiger partial charge in [-0.05, 0) is 38.4 Å². The first-order valence-electron chi connectivity index (χ1n) is 10.2. The zero-order valence-electron chi connectivity index (χ0n) is 19.3. The lowest BCUT2D eigenvalue weighted by atomic mass is 10.0. The lowest BCUT2D eigenvalue weighted by Gasteiger charge is -2.16. The predicted octanol–water partition coefficient (Wildman–Crippen LogP) is 3.06. The van der Waals surface area contributed by atoms with E-state index in [2.05, 4.69) is 5.10 Å². The number of benzene rings is 2. The molecule has 0 bridgehead atoms. The van der Waals surface area contributed by atoms with Gasteiger partial charge in [-0.15, -0.1) is 0 Å². The highest BCUT2D eigenvalue weighted by Crippen LogP contribution is 2.40. The molecule has 1 heterocycles. The van der Waals surface area contributed by atoms with Crippen molar-refractivity contribution in [1.29, 1.82) is 0 Å². The molecular formula is C24H27N3O6. The molecule has 0 fully saturated rings. The molecule has 0 N–H and O–H groups in total. The molecule has 0 saturated heterocycles. The number of aromatic nitrogens is 2. The average molecular weight is 453 g/mol. The molecule has 0 unspecified atom stereocenters. The topological polar surface area (TPSA) is 92.1 Å². The average Bonchev–Trinajstić information content (AvgIpc) is 3.23. The van der Waals surface area contributed by atoms with Crippen molar-refractivity contribution in [2.75, 3.05) is 48.6 Å². The van der Waals surface area contributed by atoms with Gasteiger partial charge in [0.05, 0.1) is 27.0 Å². The first-order chi connectivity index (χ1) is 15.9. The van der Waals surface area contributed by atoms with Crippen LogP contribution in [0.25, 0.3) is 16.9 Å². The third kappa shape index (κ3) is 4.98. The Morgan fingerprint density at radius 1 is 0.939 bits per heavy atom. The number of hydrogen-bond acceptors (Lipinski definition) is 8. The Morgan fingerprint density at radius 3 is 2.24 bits per heavy atom. The van der Waals surface area contributed by atoms with E-state index in [1.807, 2.05) is 25.1 Å². The lowest BCUT2D eigenvalue weighted by molar-refractivity contribution is 0.0549. The fourth-order valence-electron chi connectivity index (χ4n) is 3.29. The Morgan fingerprint density at radius 2 is 1.64 bits per heavy atom. The second kappa shape index (κ2) is 10.6. The van der Waals surface area contributed by atoms with Crippen molar-refractivity contribution in [3.63, 3.8) is 0 Å². The minimum atomic E-state index is -0.727. The van der Waals surface area contributed by atoms with Crippen LogP contribution in [-0.4, -0.2) is 75.2 Å². The molecule has 2 aromatic carbocycles. The third-order valence-corrected chi connectivity index (χ3v) is 4.89. The summed E-state index contributed by atoms with van der Waals surface area (Å²) in [7, 11) is 7.89. The zero-order valence-corrected chi connectivity index (χ0v) is 19.3. The number of para-hydroxylation sites is 2. The van der Waals surface area contributed by atoms with Crippen LogP contribution in [0, 0.1) is 0 Å². The molecule has 0 aliphatic rings. The van der Waals surface area contributed by atoms with Crippen molar-refractivity contribution in [2.24, 2.45) is 0 Å². The van der Waals surface area contributed by atoms with Crippen LogP contribution in [0.4, 0.5) is 0 Å². The Hall–Kier alpha value is -3.85. The molecule has 0 aliphatic carbocycles. The van der Waals surface area contributed by atoms with E-state index >= 15 is 0 Å². The van der Waals surface area contributed by atoms with Crippen molar-refractivity contribution in [3.8, 4) is 28.4 Å². The highest BCUT2D eigenvalue weighted by molar-refractivity contribution is 6.07. The smallest absolute Gasteiger partial charge is 0.357 e. The molecule has 1 aromatic heterocycles. The van der Waals surface area contributed by atoms with Gasteiger partial charge < -0.3 is 23.8 Å². The molecule has 0 atom stereocenters. The molecule has 0 radical (unpaired) electrons. The van der Waals surface area contributed by atoms with Gasteiger partial charge in [-0.2, -0.15) is 5.10 Å². The Kier molecular flexibility index (Phi) is 7.68. The molecule has 33 heavy (non-hydrogen) atoms. The fourth-order valence-corrected chi connectivity index (χ4v) is 3.29. The van der Waals surface area contributed by atoms with E-state index in [0.29, 0.717) is 35.9 Å². The summed E-state index contributed by atoms with van der Waals surface area (Å²) in [5, 5.41) is 4.64. The highest BCUT2D eigenvalue weighted by atomic mass is 16.5. The van der Waals surface area contributed by atoms with Gasteiger partial charge in [0.25, 0.3) is 0 Å². The first-order valence-corrected chi connectivity index (χ1v) is 10.2. The summed E-state index contributed by atoms with van der Waals surface area (Å²) >= 11 is 0. The maximum atomic E-state index is 12.9. The molecule has 9 nitrogen and oxygen atoms in total. The van der Waals surface area contributed by atoms with Gasteiger partial charge in [0.1, 0.15) is 17.9 Å². The van der Waals surface area contributed by atoms with Gasteiger partial charge in [-0.25, -0.2) is 14.3 Å². The summed E-state index contributed by atoms with van der Waals surface area (Å²) in [6, 6.07) is 14.2. The minimum absolute atomic E-state index is 0.0288. The van der Waals surface area contributed by atoms with E-state index in [1.165, 1.54) is 26.0 Å². The quantitative estimate of drug-likeness (QED) is 0.457. The predicted molar refractivity (Wildman–Crippen MR) is 122 cm³/mol. The number of hydrogen-bond donors (Lipinski definition) is 0. The van der Waals surface area contributed by atoms with Crippen LogP contribution >= 0.6 is 0 Å². The third-order valence-electron chi connectivity index (χ3n) is 4.89. The van der Waals surface area contributed by atoms with Crippen LogP contribution in [0.1, 0.15) is 20.8 Å². The second-order valence-corrected chi connectivity index (χ2v) is 7.29. The van der Waals surface area contributed by atoms with Crippen molar-refractivity contribution in [1.82, 2.24) is 14.7 Å². The van der Waals surface area contributed by atoms with Crippen LogP contribution in [0.15, 0.2) is 48.5 Å². The number of esters is 2.